The van der Waals surface area contributed by atoms with E-state index in [2.05, 4.69) is 32.3 Å². The first-order valence-electron chi connectivity index (χ1n) is 9.77. The highest BCUT2D eigenvalue weighted by Gasteiger charge is 2.24. The molecule has 0 saturated carbocycles. The molecule has 4 heterocycles. The number of pyridine rings is 1. The molecule has 0 aromatic carbocycles. The van der Waals surface area contributed by atoms with Crippen LogP contribution in [0.3, 0.4) is 0 Å². The van der Waals surface area contributed by atoms with Gasteiger partial charge in [-0.1, -0.05) is 6.08 Å². The molecule has 1 atom stereocenters. The van der Waals surface area contributed by atoms with Crippen molar-refractivity contribution in [2.45, 2.75) is 25.2 Å². The number of nitrogens with one attached hydrogen (secondary N) is 1. The molecule has 1 saturated heterocycles. The van der Waals surface area contributed by atoms with E-state index >= 15 is 0 Å². The van der Waals surface area contributed by atoms with Gasteiger partial charge in [-0.25, -0.2) is 9.97 Å². The molecule has 0 amide bonds. The first-order chi connectivity index (χ1) is 13.3. The Morgan fingerprint density at radius 2 is 2.30 bits per heavy atom. The third-order valence-corrected chi connectivity index (χ3v) is 5.25. The molecule has 1 fully saturated rings. The topological polar surface area (TPSA) is 63.2 Å². The lowest BCUT2D eigenvalue weighted by Gasteiger charge is -2.33. The van der Waals surface area contributed by atoms with Gasteiger partial charge in [-0.15, -0.1) is 0 Å². The van der Waals surface area contributed by atoms with Crippen LogP contribution in [0.25, 0.3) is 11.4 Å². The summed E-state index contributed by atoms with van der Waals surface area (Å²) in [6, 6.07) is 6.03. The predicted molar refractivity (Wildman–Crippen MR) is 107 cm³/mol. The van der Waals surface area contributed by atoms with Crippen molar-refractivity contribution in [2.75, 3.05) is 45.2 Å². The molecule has 2 aromatic heterocycles. The van der Waals surface area contributed by atoms with E-state index in [1.165, 1.54) is 18.4 Å². The number of hydrogen-bond acceptors (Lipinski definition) is 6. The second-order valence-electron chi connectivity index (χ2n) is 7.27. The predicted octanol–water partition coefficient (Wildman–Crippen LogP) is 3.11. The summed E-state index contributed by atoms with van der Waals surface area (Å²) in [4.78, 5) is 16.3. The molecular weight excluding hydrogens is 338 g/mol. The number of ether oxygens (including phenoxy) is 1. The Morgan fingerprint density at radius 1 is 1.33 bits per heavy atom. The Hall–Kier alpha value is -2.31. The standard InChI is InChI=1S/C21H27N5O/c1-22-20-11-19(24-21(25-20)17-6-2-8-23-12-17)18-7-3-9-26(14-18)13-16-5-4-10-27-15-16/h2,5-6,8,11-12,18H,3-4,7,9-10,13-15H2,1H3,(H,22,24,25). The highest BCUT2D eigenvalue weighted by atomic mass is 16.5. The SMILES string of the molecule is CNc1cc(C2CCCN(CC3=CCCOC3)C2)nc(-c2cccnc2)n1. The molecule has 142 valence electrons. The van der Waals surface area contributed by atoms with Crippen LogP contribution in [-0.4, -0.2) is 59.7 Å². The van der Waals surface area contributed by atoms with Crippen LogP contribution in [0.5, 0.6) is 0 Å². The van der Waals surface area contributed by atoms with Gasteiger partial charge in [-0.05, 0) is 43.5 Å². The summed E-state index contributed by atoms with van der Waals surface area (Å²) in [7, 11) is 1.90. The van der Waals surface area contributed by atoms with Crippen molar-refractivity contribution in [2.24, 2.45) is 0 Å². The van der Waals surface area contributed by atoms with Crippen LogP contribution in [0, 0.1) is 0 Å². The zero-order valence-electron chi connectivity index (χ0n) is 15.9. The molecule has 4 rings (SSSR count). The molecule has 1 unspecified atom stereocenters. The van der Waals surface area contributed by atoms with Crippen LogP contribution in [0.1, 0.15) is 30.9 Å². The first kappa shape index (κ1) is 18.1. The lowest BCUT2D eigenvalue weighted by molar-refractivity contribution is 0.137. The summed E-state index contributed by atoms with van der Waals surface area (Å²) in [5, 5.41) is 3.18. The fourth-order valence-corrected chi connectivity index (χ4v) is 3.87. The average Bonchev–Trinajstić information content (AvgIpc) is 2.75. The number of nitrogens with zero attached hydrogens (tertiary/aromatic N) is 4. The second-order valence-corrected chi connectivity index (χ2v) is 7.27. The smallest absolute Gasteiger partial charge is 0.163 e. The van der Waals surface area contributed by atoms with Gasteiger partial charge < -0.3 is 10.1 Å². The van der Waals surface area contributed by atoms with Crippen LogP contribution in [0.15, 0.2) is 42.2 Å². The van der Waals surface area contributed by atoms with E-state index in [0.29, 0.717) is 5.92 Å². The van der Waals surface area contributed by atoms with Crippen LogP contribution >= 0.6 is 0 Å². The molecule has 2 aliphatic heterocycles. The maximum absolute atomic E-state index is 5.60. The van der Waals surface area contributed by atoms with E-state index in [0.717, 1.165) is 62.2 Å². The maximum atomic E-state index is 5.60. The Kier molecular flexibility index (Phi) is 5.75. The summed E-state index contributed by atoms with van der Waals surface area (Å²) < 4.78 is 5.60. The number of rotatable bonds is 5. The summed E-state index contributed by atoms with van der Waals surface area (Å²) in [6.07, 6.45) is 9.34. The van der Waals surface area contributed by atoms with Crippen LogP contribution in [-0.2, 0) is 4.74 Å². The molecule has 0 aliphatic carbocycles. The molecule has 0 radical (unpaired) electrons. The number of piperidine rings is 1. The van der Waals surface area contributed by atoms with Gasteiger partial charge in [0.15, 0.2) is 5.82 Å². The third kappa shape index (κ3) is 4.51. The maximum Gasteiger partial charge on any atom is 0.163 e. The number of aromatic nitrogens is 3. The minimum Gasteiger partial charge on any atom is -0.377 e. The van der Waals surface area contributed by atoms with E-state index in [1.54, 1.807) is 6.20 Å². The van der Waals surface area contributed by atoms with Crippen molar-refractivity contribution in [1.29, 1.82) is 0 Å². The van der Waals surface area contributed by atoms with Gasteiger partial charge in [0.2, 0.25) is 0 Å². The van der Waals surface area contributed by atoms with Crippen LogP contribution < -0.4 is 5.32 Å². The number of hydrogen-bond donors (Lipinski definition) is 1. The van der Waals surface area contributed by atoms with Crippen molar-refractivity contribution in [3.05, 3.63) is 47.9 Å². The van der Waals surface area contributed by atoms with Crippen LogP contribution in [0.4, 0.5) is 5.82 Å². The Labute approximate surface area is 160 Å². The van der Waals surface area contributed by atoms with Crippen molar-refractivity contribution in [1.82, 2.24) is 19.9 Å². The van der Waals surface area contributed by atoms with Gasteiger partial charge in [-0.3, -0.25) is 9.88 Å². The van der Waals surface area contributed by atoms with Crippen molar-refractivity contribution in [3.8, 4) is 11.4 Å². The quantitative estimate of drug-likeness (QED) is 0.822. The van der Waals surface area contributed by atoms with Crippen molar-refractivity contribution in [3.63, 3.8) is 0 Å². The van der Waals surface area contributed by atoms with E-state index in [4.69, 9.17) is 9.72 Å². The highest BCUT2D eigenvalue weighted by molar-refractivity contribution is 5.56. The Morgan fingerprint density at radius 3 is 3.07 bits per heavy atom. The Balaban J connectivity index is 1.54. The van der Waals surface area contributed by atoms with Gasteiger partial charge in [0.1, 0.15) is 5.82 Å². The fourth-order valence-electron chi connectivity index (χ4n) is 3.87. The third-order valence-electron chi connectivity index (χ3n) is 5.25. The lowest BCUT2D eigenvalue weighted by Crippen LogP contribution is -2.37. The van der Waals surface area contributed by atoms with Crippen LogP contribution in [0.2, 0.25) is 0 Å². The van der Waals surface area contributed by atoms with Gasteiger partial charge in [-0.2, -0.15) is 0 Å². The molecule has 6 heteroatoms. The molecule has 2 aromatic rings. The second kappa shape index (κ2) is 8.59. The summed E-state index contributed by atoms with van der Waals surface area (Å²) in [5.41, 5.74) is 3.48. The minimum atomic E-state index is 0.425. The van der Waals surface area contributed by atoms with Gasteiger partial charge >= 0.3 is 0 Å². The summed E-state index contributed by atoms with van der Waals surface area (Å²) in [6.45, 7) is 4.83. The zero-order chi connectivity index (χ0) is 18.5. The highest BCUT2D eigenvalue weighted by Crippen LogP contribution is 2.29. The minimum absolute atomic E-state index is 0.425. The van der Waals surface area contributed by atoms with Gasteiger partial charge in [0, 0.05) is 50.1 Å². The van der Waals surface area contributed by atoms with E-state index < -0.39 is 0 Å². The molecule has 0 bridgehead atoms. The zero-order valence-corrected chi connectivity index (χ0v) is 15.9. The Bertz CT molecular complexity index is 792. The monoisotopic (exact) mass is 365 g/mol. The number of likely N-dealkylation sites (tertiary alicyclic amines) is 1. The molecule has 2 aliphatic rings. The molecule has 0 spiro atoms. The lowest BCUT2D eigenvalue weighted by atomic mass is 9.93. The average molecular weight is 365 g/mol. The van der Waals surface area contributed by atoms with Crippen molar-refractivity contribution < 1.29 is 4.74 Å². The summed E-state index contributed by atoms with van der Waals surface area (Å²) >= 11 is 0. The summed E-state index contributed by atoms with van der Waals surface area (Å²) in [5.74, 6) is 2.03. The normalized spacial score (nSPS) is 20.9. The number of anilines is 1. The van der Waals surface area contributed by atoms with Gasteiger partial charge in [0.25, 0.3) is 0 Å². The molecule has 6 nitrogen and oxygen atoms in total. The fraction of sp³-hybridized carbons (Fsp3) is 0.476. The van der Waals surface area contributed by atoms with E-state index in [1.807, 2.05) is 25.4 Å². The molecule has 1 N–H and O–H groups in total. The van der Waals surface area contributed by atoms with E-state index in [9.17, 15) is 0 Å². The van der Waals surface area contributed by atoms with Gasteiger partial charge in [0.05, 0.1) is 18.9 Å². The van der Waals surface area contributed by atoms with E-state index in [-0.39, 0.29) is 0 Å². The molecular formula is C21H27N5O. The largest absolute Gasteiger partial charge is 0.377 e. The van der Waals surface area contributed by atoms with Crippen molar-refractivity contribution >= 4 is 5.82 Å². The molecule has 27 heavy (non-hydrogen) atoms. The first-order valence-corrected chi connectivity index (χ1v) is 9.77.